The molecule has 1 N–H and O–H groups in total. The zero-order valence-corrected chi connectivity index (χ0v) is 15.0. The predicted molar refractivity (Wildman–Crippen MR) is 95.6 cm³/mol. The Hall–Kier alpha value is -1.17. The summed E-state index contributed by atoms with van der Waals surface area (Å²) in [4.78, 5) is 15.0. The van der Waals surface area contributed by atoms with Gasteiger partial charge in [0.1, 0.15) is 0 Å². The van der Waals surface area contributed by atoms with Gasteiger partial charge in [0.2, 0.25) is 5.90 Å². The molecule has 1 aliphatic heterocycles. The molecule has 23 heavy (non-hydrogen) atoms. The molecule has 0 unspecified atom stereocenters. The van der Waals surface area contributed by atoms with E-state index in [2.05, 4.69) is 4.99 Å². The molecule has 0 aliphatic carbocycles. The molecule has 0 fully saturated rings. The molecule has 124 valence electrons. The van der Waals surface area contributed by atoms with Gasteiger partial charge in [0, 0.05) is 22.8 Å². The molecule has 4 nitrogen and oxygen atoms in total. The lowest BCUT2D eigenvalue weighted by atomic mass is 10.2. The van der Waals surface area contributed by atoms with Crippen molar-refractivity contribution in [3.63, 3.8) is 0 Å². The van der Waals surface area contributed by atoms with Gasteiger partial charge in [-0.15, -0.1) is 0 Å². The summed E-state index contributed by atoms with van der Waals surface area (Å²) in [6.45, 7) is 2.61. The fourth-order valence-corrected chi connectivity index (χ4v) is 3.52. The van der Waals surface area contributed by atoms with Gasteiger partial charge in [-0.25, -0.2) is 4.99 Å². The minimum Gasteiger partial charge on any atom is -0.481 e. The van der Waals surface area contributed by atoms with Crippen LogP contribution < -0.4 is 0 Å². The first-order valence-electron chi connectivity index (χ1n) is 7.25. The SMILES string of the molecule is CCC1=C(SCCCC(=O)O)OC(c2ccc(Cl)cc2Cl)=NC1. The highest BCUT2D eigenvalue weighted by molar-refractivity contribution is 8.02. The van der Waals surface area contributed by atoms with Crippen LogP contribution in [-0.4, -0.2) is 29.3 Å². The number of aliphatic carboxylic acids is 1. The van der Waals surface area contributed by atoms with E-state index in [-0.39, 0.29) is 6.42 Å². The molecule has 0 amide bonds. The average Bonchev–Trinajstić information content (AvgIpc) is 2.51. The summed E-state index contributed by atoms with van der Waals surface area (Å²) in [6, 6.07) is 5.18. The summed E-state index contributed by atoms with van der Waals surface area (Å²) >= 11 is 13.6. The molecule has 0 radical (unpaired) electrons. The lowest BCUT2D eigenvalue weighted by molar-refractivity contribution is -0.137. The number of carboxylic acid groups (broad SMARTS) is 1. The largest absolute Gasteiger partial charge is 0.481 e. The zero-order chi connectivity index (χ0) is 16.8. The Bertz CT molecular complexity index is 659. The second kappa shape index (κ2) is 8.62. The second-order valence-electron chi connectivity index (χ2n) is 4.94. The van der Waals surface area contributed by atoms with E-state index in [1.165, 1.54) is 11.8 Å². The molecular formula is C16H17Cl2NO3S. The molecule has 0 spiro atoms. The maximum Gasteiger partial charge on any atom is 0.303 e. The minimum absolute atomic E-state index is 0.158. The molecule has 1 aliphatic rings. The highest BCUT2D eigenvalue weighted by atomic mass is 35.5. The number of benzene rings is 1. The van der Waals surface area contributed by atoms with E-state index in [0.29, 0.717) is 40.2 Å². The number of nitrogens with zero attached hydrogens (tertiary/aromatic N) is 1. The number of ether oxygens (including phenoxy) is 1. The normalized spacial score (nSPS) is 14.5. The van der Waals surface area contributed by atoms with Gasteiger partial charge in [-0.3, -0.25) is 4.79 Å². The maximum atomic E-state index is 10.6. The molecule has 1 aromatic carbocycles. The van der Waals surface area contributed by atoms with Crippen molar-refractivity contribution in [3.05, 3.63) is 44.5 Å². The van der Waals surface area contributed by atoms with Crippen LogP contribution in [0.15, 0.2) is 33.9 Å². The van der Waals surface area contributed by atoms with Gasteiger partial charge in [-0.2, -0.15) is 0 Å². The first-order valence-corrected chi connectivity index (χ1v) is 8.99. The third-order valence-electron chi connectivity index (χ3n) is 3.25. The highest BCUT2D eigenvalue weighted by Crippen LogP contribution is 2.31. The van der Waals surface area contributed by atoms with E-state index in [1.54, 1.807) is 18.2 Å². The zero-order valence-electron chi connectivity index (χ0n) is 12.6. The van der Waals surface area contributed by atoms with Crippen LogP contribution in [0.25, 0.3) is 0 Å². The molecule has 0 bridgehead atoms. The summed E-state index contributed by atoms with van der Waals surface area (Å²) in [5.41, 5.74) is 1.81. The van der Waals surface area contributed by atoms with Gasteiger partial charge in [0.25, 0.3) is 0 Å². The molecular weight excluding hydrogens is 357 g/mol. The first kappa shape index (κ1) is 18.2. The van der Waals surface area contributed by atoms with Crippen LogP contribution in [0.4, 0.5) is 0 Å². The fourth-order valence-electron chi connectivity index (χ4n) is 2.00. The quantitative estimate of drug-likeness (QED) is 0.683. The predicted octanol–water partition coefficient (Wildman–Crippen LogP) is 4.99. The maximum absolute atomic E-state index is 10.6. The van der Waals surface area contributed by atoms with Crippen LogP contribution in [0.5, 0.6) is 0 Å². The smallest absolute Gasteiger partial charge is 0.303 e. The first-order chi connectivity index (χ1) is 11.0. The van der Waals surface area contributed by atoms with E-state index >= 15 is 0 Å². The number of rotatable bonds is 7. The van der Waals surface area contributed by atoms with E-state index in [0.717, 1.165) is 17.1 Å². The molecule has 2 rings (SSSR count). The van der Waals surface area contributed by atoms with Crippen LogP contribution >= 0.6 is 35.0 Å². The number of carboxylic acids is 1. The fraction of sp³-hybridized carbons (Fsp3) is 0.375. The van der Waals surface area contributed by atoms with E-state index in [9.17, 15) is 4.79 Å². The Labute approximate surface area is 149 Å². The molecule has 1 aromatic rings. The van der Waals surface area contributed by atoms with Crippen molar-refractivity contribution >= 4 is 46.8 Å². The number of halogens is 2. The molecule has 1 heterocycles. The van der Waals surface area contributed by atoms with Crippen LogP contribution in [-0.2, 0) is 9.53 Å². The van der Waals surface area contributed by atoms with Gasteiger partial charge in [0.05, 0.1) is 17.1 Å². The van der Waals surface area contributed by atoms with E-state index < -0.39 is 5.97 Å². The lowest BCUT2D eigenvalue weighted by Gasteiger charge is -2.20. The monoisotopic (exact) mass is 373 g/mol. The van der Waals surface area contributed by atoms with Gasteiger partial charge < -0.3 is 9.84 Å². The highest BCUT2D eigenvalue weighted by Gasteiger charge is 2.20. The minimum atomic E-state index is -0.782. The van der Waals surface area contributed by atoms with Crippen molar-refractivity contribution in [2.24, 2.45) is 4.99 Å². The molecule has 0 atom stereocenters. The van der Waals surface area contributed by atoms with Crippen LogP contribution in [0.2, 0.25) is 10.0 Å². The summed E-state index contributed by atoms with van der Waals surface area (Å²) in [7, 11) is 0. The second-order valence-corrected chi connectivity index (χ2v) is 6.85. The standard InChI is InChI=1S/C16H17Cl2NO3S/c1-2-10-9-19-15(12-6-5-11(17)8-13(12)18)22-16(10)23-7-3-4-14(20)21/h5-6,8H,2-4,7,9H2,1H3,(H,20,21). The summed E-state index contributed by atoms with van der Waals surface area (Å²) in [5.74, 6) is 0.381. The summed E-state index contributed by atoms with van der Waals surface area (Å²) < 4.78 is 5.92. The van der Waals surface area contributed by atoms with Crippen LogP contribution in [0, 0.1) is 0 Å². The number of thioether (sulfide) groups is 1. The third kappa shape index (κ3) is 5.16. The van der Waals surface area contributed by atoms with Crippen LogP contribution in [0.1, 0.15) is 31.7 Å². The van der Waals surface area contributed by atoms with Crippen molar-refractivity contribution in [2.45, 2.75) is 26.2 Å². The number of hydrogen-bond acceptors (Lipinski definition) is 4. The number of aliphatic imine (C=N–C) groups is 1. The Kier molecular flexibility index (Phi) is 6.81. The topological polar surface area (TPSA) is 58.9 Å². The summed E-state index contributed by atoms with van der Waals surface area (Å²) in [6.07, 6.45) is 1.59. The Morgan fingerprint density at radius 1 is 1.43 bits per heavy atom. The Balaban J connectivity index is 2.06. The van der Waals surface area contributed by atoms with Crippen molar-refractivity contribution in [3.8, 4) is 0 Å². The molecule has 0 aromatic heterocycles. The molecule has 0 saturated heterocycles. The van der Waals surface area contributed by atoms with Crippen LogP contribution in [0.3, 0.4) is 0 Å². The lowest BCUT2D eigenvalue weighted by Crippen LogP contribution is -2.15. The van der Waals surface area contributed by atoms with Gasteiger partial charge in [0.15, 0.2) is 5.09 Å². The van der Waals surface area contributed by atoms with Crippen molar-refractivity contribution in [2.75, 3.05) is 12.3 Å². The van der Waals surface area contributed by atoms with Gasteiger partial charge in [-0.1, -0.05) is 41.9 Å². The number of carbonyl (C=O) groups is 1. The molecule has 7 heteroatoms. The molecule has 0 saturated carbocycles. The van der Waals surface area contributed by atoms with Crippen molar-refractivity contribution < 1.29 is 14.6 Å². The third-order valence-corrected chi connectivity index (χ3v) is 4.92. The van der Waals surface area contributed by atoms with Crippen molar-refractivity contribution in [1.82, 2.24) is 0 Å². The van der Waals surface area contributed by atoms with E-state index in [4.69, 9.17) is 33.0 Å². The number of hydrogen-bond donors (Lipinski definition) is 1. The van der Waals surface area contributed by atoms with Gasteiger partial charge >= 0.3 is 5.97 Å². The Morgan fingerprint density at radius 3 is 2.87 bits per heavy atom. The van der Waals surface area contributed by atoms with Crippen molar-refractivity contribution in [1.29, 1.82) is 0 Å². The summed E-state index contributed by atoms with van der Waals surface area (Å²) in [5, 5.41) is 10.5. The average molecular weight is 374 g/mol. The van der Waals surface area contributed by atoms with E-state index in [1.807, 2.05) is 6.92 Å². The van der Waals surface area contributed by atoms with Gasteiger partial charge in [-0.05, 0) is 31.0 Å². The Morgan fingerprint density at radius 2 is 2.22 bits per heavy atom.